The van der Waals surface area contributed by atoms with Gasteiger partial charge >= 0.3 is 0 Å². The van der Waals surface area contributed by atoms with Crippen LogP contribution < -0.4 is 0 Å². The van der Waals surface area contributed by atoms with Gasteiger partial charge in [0, 0.05) is 6.61 Å². The largest absolute Gasteiger partial charge is 0.391 e. The minimum absolute atomic E-state index is 0.176. The van der Waals surface area contributed by atoms with Gasteiger partial charge in [-0.1, -0.05) is 0 Å². The summed E-state index contributed by atoms with van der Waals surface area (Å²) in [5.74, 6) is 0. The molecule has 0 aromatic carbocycles. The van der Waals surface area contributed by atoms with Crippen molar-refractivity contribution in [2.75, 3.05) is 19.5 Å². The fraction of sp³-hybridized carbons (Fsp3) is 1.00. The molecule has 1 fully saturated rings. The molecule has 0 amide bonds. The minimum atomic E-state index is -3.67. The normalized spacial score (nSPS) is 24.1. The van der Waals surface area contributed by atoms with Gasteiger partial charge in [-0.3, -0.25) is 4.55 Å². The van der Waals surface area contributed by atoms with Crippen molar-refractivity contribution < 1.29 is 22.8 Å². The Labute approximate surface area is 65.7 Å². The molecule has 1 rings (SSSR count). The van der Waals surface area contributed by atoms with Crippen molar-refractivity contribution in [2.45, 2.75) is 12.5 Å². The van der Waals surface area contributed by atoms with E-state index >= 15 is 0 Å². The van der Waals surface area contributed by atoms with Gasteiger partial charge in [-0.15, -0.1) is 0 Å². The third kappa shape index (κ3) is 12.9. The molecule has 11 heavy (non-hydrogen) atoms. The van der Waals surface area contributed by atoms with Crippen molar-refractivity contribution in [2.24, 2.45) is 0 Å². The van der Waals surface area contributed by atoms with Gasteiger partial charge in [-0.05, 0) is 6.42 Å². The standard InChI is InChI=1S/C4H8O2.CH4O3S/c5-4-1-2-6-3-4;1-5(2,3)4/h4-5H,1-3H2;1H3,(H,2,3,4). The summed E-state index contributed by atoms with van der Waals surface area (Å²) in [6.07, 6.45) is 1.36. The highest BCUT2D eigenvalue weighted by atomic mass is 32.2. The van der Waals surface area contributed by atoms with Crippen molar-refractivity contribution in [1.82, 2.24) is 0 Å². The van der Waals surface area contributed by atoms with Crippen molar-refractivity contribution in [3.8, 4) is 0 Å². The molecule has 6 heteroatoms. The van der Waals surface area contributed by atoms with Crippen LogP contribution in [-0.4, -0.2) is 43.7 Å². The lowest BCUT2D eigenvalue weighted by Gasteiger charge is -1.89. The fourth-order valence-electron chi connectivity index (χ4n) is 0.522. The van der Waals surface area contributed by atoms with Gasteiger partial charge in [0.15, 0.2) is 0 Å². The van der Waals surface area contributed by atoms with Gasteiger partial charge in [0.05, 0.1) is 19.0 Å². The molecule has 1 aliphatic rings. The molecule has 0 aromatic heterocycles. The van der Waals surface area contributed by atoms with Gasteiger partial charge in [0.25, 0.3) is 10.1 Å². The highest BCUT2D eigenvalue weighted by Gasteiger charge is 2.09. The van der Waals surface area contributed by atoms with Crippen LogP contribution in [0.25, 0.3) is 0 Å². The number of aliphatic hydroxyl groups is 1. The van der Waals surface area contributed by atoms with Crippen LogP contribution in [0.5, 0.6) is 0 Å². The number of ether oxygens (including phenoxy) is 1. The molecule has 1 unspecified atom stereocenters. The molecule has 0 saturated carbocycles. The maximum atomic E-state index is 9.19. The molecule has 0 bridgehead atoms. The Bertz CT molecular complexity index is 171. The summed E-state index contributed by atoms with van der Waals surface area (Å²) in [4.78, 5) is 0. The van der Waals surface area contributed by atoms with Crippen LogP contribution in [-0.2, 0) is 14.9 Å². The summed E-state index contributed by atoms with van der Waals surface area (Å²) >= 11 is 0. The van der Waals surface area contributed by atoms with Gasteiger partial charge in [0.1, 0.15) is 0 Å². The van der Waals surface area contributed by atoms with E-state index in [1.807, 2.05) is 0 Å². The Morgan fingerprint density at radius 2 is 2.00 bits per heavy atom. The SMILES string of the molecule is CS(=O)(=O)O.OC1CCOC1. The number of hydrogen-bond donors (Lipinski definition) is 2. The Hall–Kier alpha value is -0.170. The van der Waals surface area contributed by atoms with Gasteiger partial charge in [0.2, 0.25) is 0 Å². The molecule has 0 spiro atoms. The van der Waals surface area contributed by atoms with Gasteiger partial charge in [-0.25, -0.2) is 0 Å². The maximum Gasteiger partial charge on any atom is 0.261 e. The summed E-state index contributed by atoms with van der Waals surface area (Å²) in [6, 6.07) is 0. The van der Waals surface area contributed by atoms with Crippen LogP contribution in [0.1, 0.15) is 6.42 Å². The van der Waals surface area contributed by atoms with E-state index in [4.69, 9.17) is 14.4 Å². The first-order valence-corrected chi connectivity index (χ1v) is 4.92. The van der Waals surface area contributed by atoms with Crippen LogP contribution in [0.2, 0.25) is 0 Å². The first-order valence-electron chi connectivity index (χ1n) is 3.08. The molecular weight excluding hydrogens is 172 g/mol. The van der Waals surface area contributed by atoms with Crippen molar-refractivity contribution in [3.05, 3.63) is 0 Å². The Balaban J connectivity index is 0.000000187. The minimum Gasteiger partial charge on any atom is -0.391 e. The van der Waals surface area contributed by atoms with Crippen molar-refractivity contribution >= 4 is 10.1 Å². The summed E-state index contributed by atoms with van der Waals surface area (Å²) in [5.41, 5.74) is 0. The summed E-state index contributed by atoms with van der Waals surface area (Å²) in [6.45, 7) is 1.28. The first kappa shape index (κ1) is 10.8. The quantitative estimate of drug-likeness (QED) is 0.485. The number of aliphatic hydroxyl groups excluding tert-OH is 1. The maximum absolute atomic E-state index is 9.19. The van der Waals surface area contributed by atoms with E-state index in [0.717, 1.165) is 13.0 Å². The van der Waals surface area contributed by atoms with Gasteiger partial charge < -0.3 is 9.84 Å². The number of hydrogen-bond acceptors (Lipinski definition) is 4. The van der Waals surface area contributed by atoms with E-state index in [2.05, 4.69) is 0 Å². The third-order valence-corrected chi connectivity index (χ3v) is 0.906. The van der Waals surface area contributed by atoms with Crippen LogP contribution in [0.4, 0.5) is 0 Å². The highest BCUT2D eigenvalue weighted by molar-refractivity contribution is 7.85. The van der Waals surface area contributed by atoms with Crippen molar-refractivity contribution in [3.63, 3.8) is 0 Å². The molecular formula is C5H12O5S. The predicted octanol–water partition coefficient (Wildman–Crippen LogP) is -0.728. The van der Waals surface area contributed by atoms with Crippen LogP contribution in [0, 0.1) is 0 Å². The lowest BCUT2D eigenvalue weighted by atomic mass is 10.3. The zero-order valence-corrected chi connectivity index (χ0v) is 7.04. The second-order valence-corrected chi connectivity index (χ2v) is 3.72. The average Bonchev–Trinajstić information content (AvgIpc) is 2.12. The zero-order chi connectivity index (χ0) is 8.91. The second kappa shape index (κ2) is 4.66. The van der Waals surface area contributed by atoms with E-state index in [9.17, 15) is 8.42 Å². The predicted molar refractivity (Wildman–Crippen MR) is 38.9 cm³/mol. The van der Waals surface area contributed by atoms with E-state index in [0.29, 0.717) is 12.9 Å². The highest BCUT2D eigenvalue weighted by Crippen LogP contribution is 2.00. The molecule has 1 saturated heterocycles. The van der Waals surface area contributed by atoms with E-state index in [1.54, 1.807) is 0 Å². The van der Waals surface area contributed by atoms with E-state index < -0.39 is 10.1 Å². The molecule has 2 N–H and O–H groups in total. The van der Waals surface area contributed by atoms with E-state index in [-0.39, 0.29) is 6.10 Å². The zero-order valence-electron chi connectivity index (χ0n) is 6.23. The summed E-state index contributed by atoms with van der Waals surface area (Å²) in [7, 11) is -3.67. The monoisotopic (exact) mass is 184 g/mol. The first-order chi connectivity index (χ1) is 4.89. The number of rotatable bonds is 0. The molecule has 1 aliphatic heterocycles. The lowest BCUT2D eigenvalue weighted by molar-refractivity contribution is 0.127. The fourth-order valence-corrected chi connectivity index (χ4v) is 0.522. The van der Waals surface area contributed by atoms with E-state index in [1.165, 1.54) is 0 Å². The molecule has 0 aliphatic carbocycles. The van der Waals surface area contributed by atoms with Crippen LogP contribution in [0.15, 0.2) is 0 Å². The topological polar surface area (TPSA) is 83.8 Å². The molecule has 1 atom stereocenters. The van der Waals surface area contributed by atoms with Crippen molar-refractivity contribution in [1.29, 1.82) is 0 Å². The van der Waals surface area contributed by atoms with Gasteiger partial charge in [-0.2, -0.15) is 8.42 Å². The average molecular weight is 184 g/mol. The van der Waals surface area contributed by atoms with Crippen LogP contribution in [0.3, 0.4) is 0 Å². The summed E-state index contributed by atoms with van der Waals surface area (Å²) in [5, 5.41) is 8.60. The molecule has 68 valence electrons. The lowest BCUT2D eigenvalue weighted by Crippen LogP contribution is -2.02. The Kier molecular flexibility index (Phi) is 4.58. The summed E-state index contributed by atoms with van der Waals surface area (Å²) < 4.78 is 30.7. The molecule has 0 radical (unpaired) electrons. The molecule has 1 heterocycles. The Morgan fingerprint density at radius 3 is 2.09 bits per heavy atom. The second-order valence-electron chi connectivity index (χ2n) is 2.25. The third-order valence-electron chi connectivity index (χ3n) is 0.906. The van der Waals surface area contributed by atoms with Crippen LogP contribution >= 0.6 is 0 Å². The molecule has 5 nitrogen and oxygen atoms in total. The Morgan fingerprint density at radius 1 is 1.55 bits per heavy atom. The molecule has 0 aromatic rings. The smallest absolute Gasteiger partial charge is 0.261 e.